The number of benzene rings is 1. The van der Waals surface area contributed by atoms with Gasteiger partial charge >= 0.3 is 0 Å². The first-order chi connectivity index (χ1) is 7.09. The average Bonchev–Trinajstić information content (AvgIpc) is 2.53. The molecule has 0 amide bonds. The van der Waals surface area contributed by atoms with Crippen molar-refractivity contribution in [2.24, 2.45) is 0 Å². The second-order valence-corrected chi connectivity index (χ2v) is 4.05. The zero-order valence-electron chi connectivity index (χ0n) is 7.37. The maximum absolute atomic E-state index is 5.88. The third-order valence-corrected chi connectivity index (χ3v) is 2.91. The van der Waals surface area contributed by atoms with E-state index in [4.69, 9.17) is 41.3 Å². The van der Waals surface area contributed by atoms with Crippen LogP contribution in [-0.2, 0) is 0 Å². The van der Waals surface area contributed by atoms with Crippen molar-refractivity contribution in [2.45, 2.75) is 0 Å². The molecule has 0 aliphatic rings. The van der Waals surface area contributed by atoms with E-state index in [-0.39, 0.29) is 0 Å². The van der Waals surface area contributed by atoms with Crippen LogP contribution in [0.3, 0.4) is 0 Å². The first-order valence-electron chi connectivity index (χ1n) is 3.97. The van der Waals surface area contributed by atoms with Gasteiger partial charge in [0.15, 0.2) is 5.82 Å². The quantitative estimate of drug-likeness (QED) is 0.612. The highest BCUT2D eigenvalue weighted by Crippen LogP contribution is 2.26. The third kappa shape index (κ3) is 1.86. The number of hydrogen-bond acceptors (Lipinski definition) is 3. The van der Waals surface area contributed by atoms with E-state index in [0.29, 0.717) is 20.6 Å². The Kier molecular flexibility index (Phi) is 2.68. The Balaban J connectivity index is 2.59. The molecule has 7 heteroatoms. The third-order valence-electron chi connectivity index (χ3n) is 1.88. The van der Waals surface area contributed by atoms with Crippen LogP contribution in [0.5, 0.6) is 0 Å². The van der Waals surface area contributed by atoms with E-state index in [0.717, 1.165) is 5.56 Å². The first-order valence-corrected chi connectivity index (χ1v) is 5.14. The number of nitrogens with two attached hydrogens (primary N) is 1. The van der Waals surface area contributed by atoms with E-state index in [1.165, 1.54) is 4.68 Å². The van der Waals surface area contributed by atoms with Crippen LogP contribution in [0.25, 0.3) is 11.4 Å². The summed E-state index contributed by atoms with van der Waals surface area (Å²) >= 11 is 16.6. The standard InChI is InChI=1S/C8H6Cl2N4S/c9-5-2-1-4(3-6(5)10)7-12-13-8(15)14(7)11/h1-3H,11H2,(H,13,15). The fourth-order valence-electron chi connectivity index (χ4n) is 1.14. The number of halogens is 2. The van der Waals surface area contributed by atoms with Gasteiger partial charge in [-0.25, -0.2) is 9.77 Å². The molecule has 1 aromatic heterocycles. The van der Waals surface area contributed by atoms with E-state index < -0.39 is 0 Å². The molecule has 0 fully saturated rings. The Morgan fingerprint density at radius 1 is 1.33 bits per heavy atom. The van der Waals surface area contributed by atoms with Crippen molar-refractivity contribution in [3.8, 4) is 11.4 Å². The van der Waals surface area contributed by atoms with Gasteiger partial charge in [0.1, 0.15) is 0 Å². The predicted octanol–water partition coefficient (Wildman–Crippen LogP) is 2.63. The number of rotatable bonds is 1. The molecule has 0 saturated heterocycles. The molecule has 0 atom stereocenters. The summed E-state index contributed by atoms with van der Waals surface area (Å²) in [6.45, 7) is 0. The van der Waals surface area contributed by atoms with Gasteiger partial charge < -0.3 is 5.84 Å². The Morgan fingerprint density at radius 3 is 2.60 bits per heavy atom. The fourth-order valence-corrected chi connectivity index (χ4v) is 1.57. The zero-order valence-corrected chi connectivity index (χ0v) is 9.70. The molecular weight excluding hydrogens is 255 g/mol. The number of H-pyrrole nitrogens is 1. The largest absolute Gasteiger partial charge is 0.335 e. The lowest BCUT2D eigenvalue weighted by molar-refractivity contribution is 0.984. The molecule has 3 N–H and O–H groups in total. The van der Waals surface area contributed by atoms with Crippen molar-refractivity contribution in [3.63, 3.8) is 0 Å². The summed E-state index contributed by atoms with van der Waals surface area (Å²) in [4.78, 5) is 0. The molecule has 2 aromatic rings. The van der Waals surface area contributed by atoms with E-state index in [1.54, 1.807) is 18.2 Å². The van der Waals surface area contributed by atoms with Gasteiger partial charge in [0.25, 0.3) is 0 Å². The van der Waals surface area contributed by atoms with Gasteiger partial charge in [-0.3, -0.25) is 0 Å². The molecule has 0 bridgehead atoms. The van der Waals surface area contributed by atoms with Crippen LogP contribution in [0, 0.1) is 4.77 Å². The number of nitrogens with zero attached hydrogens (tertiary/aromatic N) is 2. The van der Waals surface area contributed by atoms with Gasteiger partial charge in [-0.1, -0.05) is 23.2 Å². The lowest BCUT2D eigenvalue weighted by Gasteiger charge is -2.01. The molecule has 0 spiro atoms. The zero-order chi connectivity index (χ0) is 11.0. The van der Waals surface area contributed by atoms with Crippen molar-refractivity contribution in [1.82, 2.24) is 14.9 Å². The Hall–Kier alpha value is -1.04. The minimum atomic E-state index is 0.344. The first kappa shape index (κ1) is 10.5. The fraction of sp³-hybridized carbons (Fsp3) is 0. The lowest BCUT2D eigenvalue weighted by atomic mass is 10.2. The van der Waals surface area contributed by atoms with Gasteiger partial charge in [0.05, 0.1) is 10.0 Å². The number of nitrogens with one attached hydrogen (secondary N) is 1. The summed E-state index contributed by atoms with van der Waals surface area (Å²) in [6.07, 6.45) is 0. The van der Waals surface area contributed by atoms with Gasteiger partial charge in [-0.2, -0.15) is 5.10 Å². The van der Waals surface area contributed by atoms with Crippen molar-refractivity contribution in [2.75, 3.05) is 5.84 Å². The summed E-state index contributed by atoms with van der Waals surface area (Å²) in [7, 11) is 0. The Morgan fingerprint density at radius 2 is 2.07 bits per heavy atom. The molecule has 0 radical (unpaired) electrons. The summed E-state index contributed by atoms with van der Waals surface area (Å²) in [5.74, 6) is 6.18. The Labute approximate surface area is 101 Å². The SMILES string of the molecule is Nn1c(-c2ccc(Cl)c(Cl)c2)n[nH]c1=S. The number of hydrogen-bond donors (Lipinski definition) is 2. The molecular formula is C8H6Cl2N4S. The molecule has 78 valence electrons. The molecule has 0 aliphatic heterocycles. The summed E-state index contributed by atoms with van der Waals surface area (Å²) in [5, 5.41) is 7.49. The van der Waals surface area contributed by atoms with Crippen LogP contribution in [0.4, 0.5) is 0 Å². The lowest BCUT2D eigenvalue weighted by Crippen LogP contribution is -2.09. The topological polar surface area (TPSA) is 59.6 Å². The van der Waals surface area contributed by atoms with Crippen LogP contribution in [0.15, 0.2) is 18.2 Å². The van der Waals surface area contributed by atoms with Crippen molar-refractivity contribution < 1.29 is 0 Å². The summed E-state index contributed by atoms with van der Waals surface area (Å²) < 4.78 is 1.62. The van der Waals surface area contributed by atoms with E-state index in [9.17, 15) is 0 Å². The highest BCUT2D eigenvalue weighted by molar-refractivity contribution is 7.71. The van der Waals surface area contributed by atoms with Crippen LogP contribution >= 0.6 is 35.4 Å². The molecule has 0 saturated carbocycles. The molecule has 1 heterocycles. The maximum Gasteiger partial charge on any atom is 0.214 e. The average molecular weight is 261 g/mol. The summed E-state index contributed by atoms with van der Waals surface area (Å²) in [6, 6.07) is 5.12. The smallest absolute Gasteiger partial charge is 0.214 e. The predicted molar refractivity (Wildman–Crippen MR) is 63.0 cm³/mol. The van der Waals surface area contributed by atoms with Crippen LogP contribution < -0.4 is 5.84 Å². The van der Waals surface area contributed by atoms with Gasteiger partial charge in [0.2, 0.25) is 4.77 Å². The highest BCUT2D eigenvalue weighted by atomic mass is 35.5. The molecule has 2 rings (SSSR count). The molecule has 0 aliphatic carbocycles. The highest BCUT2D eigenvalue weighted by Gasteiger charge is 2.08. The van der Waals surface area contributed by atoms with Crippen molar-refractivity contribution >= 4 is 35.4 Å². The monoisotopic (exact) mass is 260 g/mol. The molecule has 4 nitrogen and oxygen atoms in total. The van der Waals surface area contributed by atoms with Crippen LogP contribution in [-0.4, -0.2) is 14.9 Å². The van der Waals surface area contributed by atoms with Crippen LogP contribution in [0.2, 0.25) is 10.0 Å². The maximum atomic E-state index is 5.88. The van der Waals surface area contributed by atoms with E-state index in [2.05, 4.69) is 10.2 Å². The van der Waals surface area contributed by atoms with Crippen molar-refractivity contribution in [1.29, 1.82) is 0 Å². The number of nitrogen functional groups attached to an aromatic ring is 1. The number of aromatic amines is 1. The van der Waals surface area contributed by atoms with E-state index >= 15 is 0 Å². The Bertz CT molecular complexity index is 560. The molecule has 15 heavy (non-hydrogen) atoms. The number of aromatic nitrogens is 3. The molecule has 0 unspecified atom stereocenters. The second kappa shape index (κ2) is 3.84. The minimum absolute atomic E-state index is 0.344. The second-order valence-electron chi connectivity index (χ2n) is 2.85. The van der Waals surface area contributed by atoms with E-state index in [1.807, 2.05) is 0 Å². The summed E-state index contributed by atoms with van der Waals surface area (Å²) in [5.41, 5.74) is 0.749. The normalized spacial score (nSPS) is 10.5. The van der Waals surface area contributed by atoms with Crippen molar-refractivity contribution in [3.05, 3.63) is 33.0 Å². The van der Waals surface area contributed by atoms with Crippen LogP contribution in [0.1, 0.15) is 0 Å². The minimum Gasteiger partial charge on any atom is -0.335 e. The van der Waals surface area contributed by atoms with Gasteiger partial charge in [0, 0.05) is 5.56 Å². The van der Waals surface area contributed by atoms with Gasteiger partial charge in [-0.05, 0) is 30.4 Å². The molecule has 1 aromatic carbocycles. The van der Waals surface area contributed by atoms with Gasteiger partial charge in [-0.15, -0.1) is 0 Å².